The summed E-state index contributed by atoms with van der Waals surface area (Å²) in [6, 6.07) is 7.50. The lowest BCUT2D eigenvalue weighted by molar-refractivity contribution is 1.27. The van der Waals surface area contributed by atoms with E-state index in [1.807, 2.05) is 25.1 Å². The Morgan fingerprint density at radius 1 is 1.47 bits per heavy atom. The summed E-state index contributed by atoms with van der Waals surface area (Å²) >= 11 is 1.58. The zero-order chi connectivity index (χ0) is 10.8. The van der Waals surface area contributed by atoms with Crippen molar-refractivity contribution < 1.29 is 0 Å². The van der Waals surface area contributed by atoms with Gasteiger partial charge in [-0.3, -0.25) is 0 Å². The molecular formula is C11H9N3S. The van der Waals surface area contributed by atoms with E-state index in [4.69, 9.17) is 11.0 Å². The van der Waals surface area contributed by atoms with Crippen LogP contribution in [-0.2, 0) is 0 Å². The van der Waals surface area contributed by atoms with Crippen molar-refractivity contribution in [2.24, 2.45) is 0 Å². The number of thiazole rings is 1. The van der Waals surface area contributed by atoms with E-state index in [1.54, 1.807) is 22.9 Å². The van der Waals surface area contributed by atoms with Crippen molar-refractivity contribution in [3.8, 4) is 16.5 Å². The van der Waals surface area contributed by atoms with E-state index in [-0.39, 0.29) is 0 Å². The molecule has 0 bridgehead atoms. The second-order valence-electron chi connectivity index (χ2n) is 3.18. The monoisotopic (exact) mass is 215 g/mol. The number of aromatic nitrogens is 1. The molecule has 0 fully saturated rings. The molecule has 0 atom stereocenters. The van der Waals surface area contributed by atoms with E-state index >= 15 is 0 Å². The van der Waals surface area contributed by atoms with E-state index < -0.39 is 0 Å². The van der Waals surface area contributed by atoms with Crippen molar-refractivity contribution in [2.45, 2.75) is 6.92 Å². The molecule has 0 aliphatic heterocycles. The molecule has 1 aromatic heterocycles. The van der Waals surface area contributed by atoms with Gasteiger partial charge in [0.05, 0.1) is 27.3 Å². The van der Waals surface area contributed by atoms with E-state index in [1.165, 1.54) is 0 Å². The summed E-state index contributed by atoms with van der Waals surface area (Å²) in [4.78, 5) is 5.28. The maximum absolute atomic E-state index is 8.75. The highest BCUT2D eigenvalue weighted by atomic mass is 32.1. The summed E-state index contributed by atoms with van der Waals surface area (Å²) in [5, 5.41) is 8.75. The highest BCUT2D eigenvalue weighted by Crippen LogP contribution is 2.29. The van der Waals surface area contributed by atoms with Crippen molar-refractivity contribution in [1.29, 1.82) is 5.26 Å². The fraction of sp³-hybridized carbons (Fsp3) is 0.0909. The van der Waals surface area contributed by atoms with E-state index in [2.05, 4.69) is 4.98 Å². The Labute approximate surface area is 91.8 Å². The minimum atomic E-state index is 0.515. The lowest BCUT2D eigenvalue weighted by atomic mass is 10.1. The van der Waals surface area contributed by atoms with Crippen molar-refractivity contribution >= 4 is 17.0 Å². The molecule has 0 aliphatic carbocycles. The smallest absolute Gasteiger partial charge is 0.101 e. The molecule has 74 valence electrons. The molecule has 0 spiro atoms. The molecule has 1 heterocycles. The first kappa shape index (κ1) is 9.69. The number of aryl methyl sites for hydroxylation is 1. The van der Waals surface area contributed by atoms with Gasteiger partial charge in [0.2, 0.25) is 0 Å². The number of nitrogens with two attached hydrogens (primary N) is 1. The van der Waals surface area contributed by atoms with Crippen LogP contribution in [0.1, 0.15) is 11.3 Å². The number of benzene rings is 1. The van der Waals surface area contributed by atoms with Crippen molar-refractivity contribution in [2.75, 3.05) is 5.73 Å². The van der Waals surface area contributed by atoms with E-state index in [0.717, 1.165) is 16.1 Å². The molecule has 0 saturated carbocycles. The normalized spacial score (nSPS) is 9.87. The molecular weight excluding hydrogens is 206 g/mol. The fourth-order valence-electron chi connectivity index (χ4n) is 1.38. The molecule has 0 radical (unpaired) electrons. The van der Waals surface area contributed by atoms with Crippen LogP contribution >= 0.6 is 11.3 Å². The van der Waals surface area contributed by atoms with Crippen LogP contribution in [0, 0.1) is 18.3 Å². The number of anilines is 1. The van der Waals surface area contributed by atoms with E-state index in [9.17, 15) is 0 Å². The van der Waals surface area contributed by atoms with Crippen LogP contribution in [0.15, 0.2) is 23.7 Å². The third-order valence-electron chi connectivity index (χ3n) is 2.18. The summed E-state index contributed by atoms with van der Waals surface area (Å²) in [7, 11) is 0. The van der Waals surface area contributed by atoms with Gasteiger partial charge in [0.15, 0.2) is 0 Å². The Bertz CT molecular complexity index is 537. The Balaban J connectivity index is 2.53. The third-order valence-corrected chi connectivity index (χ3v) is 3.16. The van der Waals surface area contributed by atoms with Crippen LogP contribution in [-0.4, -0.2) is 4.98 Å². The largest absolute Gasteiger partial charge is 0.398 e. The molecule has 0 aliphatic rings. The molecule has 4 heteroatoms. The number of nitriles is 1. The predicted molar refractivity (Wildman–Crippen MR) is 61.4 cm³/mol. The quantitative estimate of drug-likeness (QED) is 0.743. The summed E-state index contributed by atoms with van der Waals surface area (Å²) in [6.45, 7) is 1.96. The lowest BCUT2D eigenvalue weighted by Gasteiger charge is -2.02. The Morgan fingerprint density at radius 3 is 2.80 bits per heavy atom. The van der Waals surface area contributed by atoms with Crippen LogP contribution in [0.4, 0.5) is 5.69 Å². The van der Waals surface area contributed by atoms with Crippen LogP contribution in [0.25, 0.3) is 10.4 Å². The Kier molecular flexibility index (Phi) is 2.40. The van der Waals surface area contributed by atoms with E-state index in [0.29, 0.717) is 11.3 Å². The van der Waals surface area contributed by atoms with Crippen LogP contribution < -0.4 is 5.73 Å². The summed E-state index contributed by atoms with van der Waals surface area (Å²) in [6.07, 6.45) is 0. The number of nitrogens with zero attached hydrogens (tertiary/aromatic N) is 2. The highest BCUT2D eigenvalue weighted by Gasteiger charge is 2.06. The molecule has 3 nitrogen and oxygen atoms in total. The predicted octanol–water partition coefficient (Wildman–Crippen LogP) is 2.57. The zero-order valence-electron chi connectivity index (χ0n) is 8.19. The molecule has 1 aromatic carbocycles. The van der Waals surface area contributed by atoms with Gasteiger partial charge in [0.1, 0.15) is 6.07 Å². The van der Waals surface area contributed by atoms with Crippen LogP contribution in [0.5, 0.6) is 0 Å². The fourth-order valence-corrected chi connectivity index (χ4v) is 2.19. The minimum absolute atomic E-state index is 0.515. The van der Waals surface area contributed by atoms with Crippen LogP contribution in [0.3, 0.4) is 0 Å². The van der Waals surface area contributed by atoms with Gasteiger partial charge in [0.25, 0.3) is 0 Å². The first-order chi connectivity index (χ1) is 7.22. The minimum Gasteiger partial charge on any atom is -0.398 e. The van der Waals surface area contributed by atoms with Gasteiger partial charge in [-0.1, -0.05) is 6.07 Å². The summed E-state index contributed by atoms with van der Waals surface area (Å²) < 4.78 is 0. The molecule has 2 N–H and O–H groups in total. The average Bonchev–Trinajstić information content (AvgIpc) is 2.64. The standard InChI is InChI=1S/C11H9N3S/c1-7-11(15-6-14-7)8-2-3-9(5-12)10(13)4-8/h2-4,6H,13H2,1H3. The van der Waals surface area contributed by atoms with Gasteiger partial charge < -0.3 is 5.73 Å². The van der Waals surface area contributed by atoms with Gasteiger partial charge in [-0.05, 0) is 24.6 Å². The summed E-state index contributed by atoms with van der Waals surface area (Å²) in [5.74, 6) is 0. The molecule has 0 amide bonds. The Morgan fingerprint density at radius 2 is 2.27 bits per heavy atom. The maximum Gasteiger partial charge on any atom is 0.101 e. The first-order valence-electron chi connectivity index (χ1n) is 4.42. The average molecular weight is 215 g/mol. The number of hydrogen-bond donors (Lipinski definition) is 1. The first-order valence-corrected chi connectivity index (χ1v) is 5.30. The van der Waals surface area contributed by atoms with Gasteiger partial charge in [-0.25, -0.2) is 4.98 Å². The zero-order valence-corrected chi connectivity index (χ0v) is 9.01. The second-order valence-corrected chi connectivity index (χ2v) is 4.04. The third kappa shape index (κ3) is 1.69. The Hall–Kier alpha value is -1.86. The SMILES string of the molecule is Cc1ncsc1-c1ccc(C#N)c(N)c1. The van der Waals surface area contributed by atoms with Gasteiger partial charge >= 0.3 is 0 Å². The summed E-state index contributed by atoms with van der Waals surface area (Å²) in [5.41, 5.74) is 10.6. The van der Waals surface area contributed by atoms with Crippen LogP contribution in [0.2, 0.25) is 0 Å². The van der Waals surface area contributed by atoms with Crippen molar-refractivity contribution in [1.82, 2.24) is 4.98 Å². The van der Waals surface area contributed by atoms with Gasteiger partial charge in [-0.2, -0.15) is 5.26 Å². The number of hydrogen-bond acceptors (Lipinski definition) is 4. The van der Waals surface area contributed by atoms with Crippen molar-refractivity contribution in [3.05, 3.63) is 35.0 Å². The molecule has 2 aromatic rings. The van der Waals surface area contributed by atoms with Gasteiger partial charge in [0, 0.05) is 0 Å². The second kappa shape index (κ2) is 3.71. The van der Waals surface area contributed by atoms with Crippen molar-refractivity contribution in [3.63, 3.8) is 0 Å². The number of rotatable bonds is 1. The molecule has 2 rings (SSSR count). The highest BCUT2D eigenvalue weighted by molar-refractivity contribution is 7.13. The van der Waals surface area contributed by atoms with Gasteiger partial charge in [-0.15, -0.1) is 11.3 Å². The lowest BCUT2D eigenvalue weighted by Crippen LogP contribution is -1.90. The maximum atomic E-state index is 8.75. The number of nitrogen functional groups attached to an aromatic ring is 1. The molecule has 15 heavy (non-hydrogen) atoms. The topological polar surface area (TPSA) is 62.7 Å². The molecule has 0 saturated heterocycles. The molecule has 0 unspecified atom stereocenters.